The zero-order valence-electron chi connectivity index (χ0n) is 9.75. The molecule has 3 nitrogen and oxygen atoms in total. The molecule has 1 atom stereocenters. The van der Waals surface area contributed by atoms with Crippen LogP contribution in [-0.4, -0.2) is 34.2 Å². The third kappa shape index (κ3) is 4.31. The van der Waals surface area contributed by atoms with Gasteiger partial charge in [0, 0.05) is 23.0 Å². The van der Waals surface area contributed by atoms with Crippen LogP contribution in [0.5, 0.6) is 0 Å². The first-order chi connectivity index (χ1) is 7.44. The molecule has 1 aromatic heterocycles. The van der Waals surface area contributed by atoms with Gasteiger partial charge < -0.3 is 10.4 Å². The summed E-state index contributed by atoms with van der Waals surface area (Å²) >= 11 is 5.03. The Balaban J connectivity index is 2.57. The van der Waals surface area contributed by atoms with Gasteiger partial charge in [-0.2, -0.15) is 11.8 Å². The van der Waals surface area contributed by atoms with Crippen molar-refractivity contribution in [3.05, 3.63) is 22.3 Å². The molecule has 0 amide bonds. The summed E-state index contributed by atoms with van der Waals surface area (Å²) in [4.78, 5) is 4.23. The van der Waals surface area contributed by atoms with Crippen molar-refractivity contribution in [2.24, 2.45) is 0 Å². The van der Waals surface area contributed by atoms with Crippen molar-refractivity contribution < 1.29 is 5.11 Å². The Bertz CT molecular complexity index is 358. The number of aryl methyl sites for hydroxylation is 1. The van der Waals surface area contributed by atoms with E-state index in [4.69, 9.17) is 0 Å². The molecule has 90 valence electrons. The second kappa shape index (κ2) is 5.89. The molecule has 0 saturated heterocycles. The summed E-state index contributed by atoms with van der Waals surface area (Å²) in [5.74, 6) is 1.50. The Kier molecular flexibility index (Phi) is 5.08. The third-order valence-electron chi connectivity index (χ3n) is 2.15. The molecule has 0 aliphatic carbocycles. The molecule has 1 heterocycles. The molecule has 1 rings (SSSR count). The molecule has 2 N–H and O–H groups in total. The van der Waals surface area contributed by atoms with Crippen molar-refractivity contribution in [2.75, 3.05) is 23.9 Å². The monoisotopic (exact) mass is 304 g/mol. The second-order valence-corrected chi connectivity index (χ2v) is 5.82. The van der Waals surface area contributed by atoms with Crippen LogP contribution in [0.3, 0.4) is 0 Å². The van der Waals surface area contributed by atoms with Gasteiger partial charge in [0.1, 0.15) is 5.82 Å². The maximum absolute atomic E-state index is 9.98. The molecule has 0 aliphatic rings. The predicted molar refractivity (Wildman–Crippen MR) is 74.2 cm³/mol. The molecule has 0 bridgehead atoms. The molecular weight excluding hydrogens is 288 g/mol. The zero-order valence-corrected chi connectivity index (χ0v) is 12.2. The first-order valence-electron chi connectivity index (χ1n) is 5.02. The Morgan fingerprint density at radius 2 is 2.31 bits per heavy atom. The molecule has 0 fully saturated rings. The minimum Gasteiger partial charge on any atom is -0.387 e. The Hall–Kier alpha value is -0.260. The van der Waals surface area contributed by atoms with Crippen molar-refractivity contribution in [3.8, 4) is 0 Å². The fourth-order valence-electron chi connectivity index (χ4n) is 1.28. The topological polar surface area (TPSA) is 45.1 Å². The van der Waals surface area contributed by atoms with E-state index in [2.05, 4.69) is 26.2 Å². The van der Waals surface area contributed by atoms with E-state index in [1.54, 1.807) is 18.0 Å². The van der Waals surface area contributed by atoms with E-state index in [0.29, 0.717) is 12.3 Å². The van der Waals surface area contributed by atoms with E-state index in [9.17, 15) is 5.11 Å². The van der Waals surface area contributed by atoms with E-state index in [1.165, 1.54) is 0 Å². The number of anilines is 1. The van der Waals surface area contributed by atoms with Gasteiger partial charge >= 0.3 is 0 Å². The number of aliphatic hydroxyl groups is 1. The Labute approximate surface area is 109 Å². The number of rotatable bonds is 5. The summed E-state index contributed by atoms with van der Waals surface area (Å²) in [6.07, 6.45) is 3.75. The summed E-state index contributed by atoms with van der Waals surface area (Å²) in [7, 11) is 0. The van der Waals surface area contributed by atoms with Crippen LogP contribution in [0, 0.1) is 6.92 Å². The standard InChI is InChI=1S/C11H17BrN2OS/c1-8-4-10(13-5-9(8)12)14-6-11(2,15)7-16-3/h4-5,15H,6-7H2,1-3H3,(H,13,14). The van der Waals surface area contributed by atoms with Crippen LogP contribution in [0.25, 0.3) is 0 Å². The molecule has 1 aromatic rings. The van der Waals surface area contributed by atoms with Crippen molar-refractivity contribution in [1.29, 1.82) is 0 Å². The fourth-order valence-corrected chi connectivity index (χ4v) is 2.22. The number of pyridine rings is 1. The van der Waals surface area contributed by atoms with Gasteiger partial charge in [-0.05, 0) is 47.7 Å². The quantitative estimate of drug-likeness (QED) is 0.878. The van der Waals surface area contributed by atoms with E-state index in [0.717, 1.165) is 15.9 Å². The summed E-state index contributed by atoms with van der Waals surface area (Å²) in [5.41, 5.74) is 0.421. The largest absolute Gasteiger partial charge is 0.387 e. The molecule has 0 aromatic carbocycles. The lowest BCUT2D eigenvalue weighted by molar-refractivity contribution is 0.0996. The van der Waals surface area contributed by atoms with Crippen LogP contribution >= 0.6 is 27.7 Å². The normalized spacial score (nSPS) is 14.6. The molecule has 0 spiro atoms. The van der Waals surface area contributed by atoms with Crippen LogP contribution < -0.4 is 5.32 Å². The van der Waals surface area contributed by atoms with E-state index >= 15 is 0 Å². The average molecular weight is 305 g/mol. The minimum absolute atomic E-state index is 0.502. The molecule has 0 saturated carbocycles. The minimum atomic E-state index is -0.706. The molecule has 0 aliphatic heterocycles. The highest BCUT2D eigenvalue weighted by Crippen LogP contribution is 2.18. The fraction of sp³-hybridized carbons (Fsp3) is 0.545. The summed E-state index contributed by atoms with van der Waals surface area (Å²) in [5, 5.41) is 13.1. The van der Waals surface area contributed by atoms with E-state index in [-0.39, 0.29) is 0 Å². The first kappa shape index (κ1) is 13.8. The van der Waals surface area contributed by atoms with Gasteiger partial charge in [0.25, 0.3) is 0 Å². The maximum Gasteiger partial charge on any atom is 0.126 e. The number of hydrogen-bond donors (Lipinski definition) is 2. The smallest absolute Gasteiger partial charge is 0.126 e. The zero-order chi connectivity index (χ0) is 12.2. The lowest BCUT2D eigenvalue weighted by atomic mass is 10.1. The lowest BCUT2D eigenvalue weighted by Gasteiger charge is -2.22. The highest BCUT2D eigenvalue weighted by atomic mass is 79.9. The van der Waals surface area contributed by atoms with Gasteiger partial charge in [-0.25, -0.2) is 4.98 Å². The Morgan fingerprint density at radius 3 is 2.88 bits per heavy atom. The Morgan fingerprint density at radius 1 is 1.62 bits per heavy atom. The highest BCUT2D eigenvalue weighted by molar-refractivity contribution is 9.10. The van der Waals surface area contributed by atoms with Crippen LogP contribution in [0.1, 0.15) is 12.5 Å². The van der Waals surface area contributed by atoms with Gasteiger partial charge in [-0.3, -0.25) is 0 Å². The molecule has 0 radical (unpaired) electrons. The summed E-state index contributed by atoms with van der Waals surface area (Å²) < 4.78 is 0.994. The molecule has 16 heavy (non-hydrogen) atoms. The average Bonchev–Trinajstić information content (AvgIpc) is 2.20. The van der Waals surface area contributed by atoms with E-state index in [1.807, 2.05) is 26.2 Å². The van der Waals surface area contributed by atoms with Crippen molar-refractivity contribution in [1.82, 2.24) is 4.98 Å². The van der Waals surface area contributed by atoms with E-state index < -0.39 is 5.60 Å². The molecule has 5 heteroatoms. The van der Waals surface area contributed by atoms with Gasteiger partial charge in [0.05, 0.1) is 5.60 Å². The highest BCUT2D eigenvalue weighted by Gasteiger charge is 2.19. The van der Waals surface area contributed by atoms with Gasteiger partial charge in [0.2, 0.25) is 0 Å². The lowest BCUT2D eigenvalue weighted by Crippen LogP contribution is -2.36. The number of nitrogens with zero attached hydrogens (tertiary/aromatic N) is 1. The van der Waals surface area contributed by atoms with Crippen LogP contribution in [0.2, 0.25) is 0 Å². The van der Waals surface area contributed by atoms with Gasteiger partial charge in [0.15, 0.2) is 0 Å². The first-order valence-corrected chi connectivity index (χ1v) is 7.20. The third-order valence-corrected chi connectivity index (χ3v) is 3.89. The van der Waals surface area contributed by atoms with Gasteiger partial charge in [-0.15, -0.1) is 0 Å². The number of thioether (sulfide) groups is 1. The number of halogens is 1. The SMILES string of the molecule is CSCC(C)(O)CNc1cc(C)c(Br)cn1. The predicted octanol–water partition coefficient (Wildman–Crippen LogP) is 2.68. The van der Waals surface area contributed by atoms with Crippen LogP contribution in [0.15, 0.2) is 16.7 Å². The summed E-state index contributed by atoms with van der Waals surface area (Å²) in [6.45, 7) is 4.33. The maximum atomic E-state index is 9.98. The van der Waals surface area contributed by atoms with Crippen molar-refractivity contribution >= 4 is 33.5 Å². The summed E-state index contributed by atoms with van der Waals surface area (Å²) in [6, 6.07) is 1.96. The number of aromatic nitrogens is 1. The molecular formula is C11H17BrN2OS. The number of hydrogen-bond acceptors (Lipinski definition) is 4. The second-order valence-electron chi connectivity index (χ2n) is 4.10. The van der Waals surface area contributed by atoms with Gasteiger partial charge in [-0.1, -0.05) is 0 Å². The molecule has 1 unspecified atom stereocenters. The number of nitrogens with one attached hydrogen (secondary N) is 1. The van der Waals surface area contributed by atoms with Crippen molar-refractivity contribution in [2.45, 2.75) is 19.4 Å². The van der Waals surface area contributed by atoms with Crippen LogP contribution in [0.4, 0.5) is 5.82 Å². The van der Waals surface area contributed by atoms with Crippen molar-refractivity contribution in [3.63, 3.8) is 0 Å². The van der Waals surface area contributed by atoms with Crippen LogP contribution in [-0.2, 0) is 0 Å².